The molecular weight excluding hydrogens is 128 g/mol. The van der Waals surface area contributed by atoms with Gasteiger partial charge < -0.3 is 0 Å². The van der Waals surface area contributed by atoms with Crippen molar-refractivity contribution in [3.05, 3.63) is 23.3 Å². The molecular formula is C8H8S. The van der Waals surface area contributed by atoms with Crippen molar-refractivity contribution < 1.29 is 0 Å². The fourth-order valence-electron chi connectivity index (χ4n) is 1.11. The molecule has 0 N–H and O–H groups in total. The molecule has 2 rings (SSSR count). The number of hydrogen-bond acceptors (Lipinski definition) is 1. The van der Waals surface area contributed by atoms with E-state index in [0.717, 1.165) is 0 Å². The Morgan fingerprint density at radius 1 is 1.00 bits per heavy atom. The van der Waals surface area contributed by atoms with Crippen LogP contribution in [-0.2, 0) is 0 Å². The lowest BCUT2D eigenvalue weighted by molar-refractivity contribution is 1.43. The Hall–Kier alpha value is -0.560. The molecule has 1 heteroatoms. The summed E-state index contributed by atoms with van der Waals surface area (Å²) in [6.07, 6.45) is 0. The average molecular weight is 136 g/mol. The third-order valence-corrected chi connectivity index (χ3v) is 3.23. The quantitative estimate of drug-likeness (QED) is 0.522. The summed E-state index contributed by atoms with van der Waals surface area (Å²) in [6.45, 7) is 4.38. The van der Waals surface area contributed by atoms with Gasteiger partial charge in [-0.3, -0.25) is 0 Å². The number of thiophene rings is 2. The molecule has 0 fully saturated rings. The van der Waals surface area contributed by atoms with Crippen LogP contribution < -0.4 is 0 Å². The second-order valence-corrected chi connectivity index (χ2v) is 3.50. The van der Waals surface area contributed by atoms with Crippen molar-refractivity contribution in [1.82, 2.24) is 0 Å². The summed E-state index contributed by atoms with van der Waals surface area (Å²) in [7, 11) is 0. The van der Waals surface area contributed by atoms with E-state index in [1.807, 2.05) is 11.3 Å². The highest BCUT2D eigenvalue weighted by molar-refractivity contribution is 7.24. The van der Waals surface area contributed by atoms with Gasteiger partial charge in [-0.15, -0.1) is 11.3 Å². The summed E-state index contributed by atoms with van der Waals surface area (Å²) in [5, 5.41) is 0. The highest BCUT2D eigenvalue weighted by atomic mass is 32.1. The Bertz CT molecular complexity index is 288. The first-order valence-electron chi connectivity index (χ1n) is 3.07. The normalized spacial score (nSPS) is 11.3. The van der Waals surface area contributed by atoms with Crippen molar-refractivity contribution in [2.24, 2.45) is 0 Å². The van der Waals surface area contributed by atoms with Gasteiger partial charge in [0.2, 0.25) is 0 Å². The van der Waals surface area contributed by atoms with Crippen LogP contribution >= 0.6 is 11.3 Å². The molecule has 2 heterocycles. The van der Waals surface area contributed by atoms with Crippen LogP contribution in [0.25, 0.3) is 9.40 Å². The molecule has 0 spiro atoms. The van der Waals surface area contributed by atoms with Crippen LogP contribution in [0.4, 0.5) is 0 Å². The van der Waals surface area contributed by atoms with Crippen LogP contribution in [0.3, 0.4) is 0 Å². The zero-order valence-corrected chi connectivity index (χ0v) is 6.38. The molecule has 2 bridgehead atoms. The molecule has 0 aliphatic heterocycles. The van der Waals surface area contributed by atoms with E-state index in [9.17, 15) is 0 Å². The largest absolute Gasteiger partial charge is 0.136 e. The zero-order valence-electron chi connectivity index (χ0n) is 5.56. The van der Waals surface area contributed by atoms with Gasteiger partial charge in [-0.1, -0.05) is 0 Å². The van der Waals surface area contributed by atoms with Crippen molar-refractivity contribution in [3.8, 4) is 0 Å². The van der Waals surface area contributed by atoms with E-state index in [1.165, 1.54) is 20.5 Å². The topological polar surface area (TPSA) is 0 Å². The number of aryl methyl sites for hydroxylation is 2. The number of benzene rings is 1. The van der Waals surface area contributed by atoms with Gasteiger partial charge in [0.1, 0.15) is 0 Å². The Morgan fingerprint density at radius 2 is 1.44 bits per heavy atom. The zero-order chi connectivity index (χ0) is 6.43. The lowest BCUT2D eigenvalue weighted by Gasteiger charge is -1.90. The van der Waals surface area contributed by atoms with Gasteiger partial charge in [0, 0.05) is 9.40 Å². The third kappa shape index (κ3) is 0.527. The van der Waals surface area contributed by atoms with Gasteiger partial charge >= 0.3 is 0 Å². The van der Waals surface area contributed by atoms with Crippen LogP contribution in [0.5, 0.6) is 0 Å². The highest BCUT2D eigenvalue weighted by Crippen LogP contribution is 2.32. The van der Waals surface area contributed by atoms with Crippen molar-refractivity contribution in [1.29, 1.82) is 0 Å². The van der Waals surface area contributed by atoms with Gasteiger partial charge in [-0.2, -0.15) is 0 Å². The molecule has 0 unspecified atom stereocenters. The Balaban J connectivity index is 2.99. The standard InChI is InChI=1S/C8H8S/c1-5-6(2)8-4-3-7(5)9-8/h3-4H,1-2H3. The smallest absolute Gasteiger partial charge is 0.0309 e. The van der Waals surface area contributed by atoms with Gasteiger partial charge in [0.25, 0.3) is 0 Å². The maximum atomic E-state index is 2.20. The van der Waals surface area contributed by atoms with Crippen LogP contribution in [0.1, 0.15) is 11.1 Å². The molecule has 46 valence electrons. The van der Waals surface area contributed by atoms with Crippen molar-refractivity contribution in [2.45, 2.75) is 13.8 Å². The molecule has 2 aromatic rings. The minimum absolute atomic E-state index is 1.45. The van der Waals surface area contributed by atoms with Gasteiger partial charge in [-0.25, -0.2) is 0 Å². The Labute approximate surface area is 58.5 Å². The number of rotatable bonds is 0. The molecule has 0 radical (unpaired) electrons. The fraction of sp³-hybridized carbons (Fsp3) is 0.250. The van der Waals surface area contributed by atoms with Crippen LogP contribution in [0, 0.1) is 13.8 Å². The lowest BCUT2D eigenvalue weighted by Crippen LogP contribution is -1.72. The van der Waals surface area contributed by atoms with Crippen molar-refractivity contribution >= 4 is 20.7 Å². The van der Waals surface area contributed by atoms with Crippen molar-refractivity contribution in [3.63, 3.8) is 0 Å². The second-order valence-electron chi connectivity index (χ2n) is 2.41. The molecule has 0 atom stereocenters. The van der Waals surface area contributed by atoms with Gasteiger partial charge in [0.05, 0.1) is 0 Å². The van der Waals surface area contributed by atoms with Crippen LogP contribution in [0.15, 0.2) is 12.1 Å². The summed E-state index contributed by atoms with van der Waals surface area (Å²) in [5.41, 5.74) is 2.94. The van der Waals surface area contributed by atoms with E-state index >= 15 is 0 Å². The summed E-state index contributed by atoms with van der Waals surface area (Å²) in [6, 6.07) is 4.39. The molecule has 0 saturated heterocycles. The fourth-order valence-corrected chi connectivity index (χ4v) is 2.23. The van der Waals surface area contributed by atoms with E-state index in [1.54, 1.807) is 0 Å². The molecule has 9 heavy (non-hydrogen) atoms. The minimum Gasteiger partial charge on any atom is -0.136 e. The predicted octanol–water partition coefficient (Wildman–Crippen LogP) is 2.96. The first-order valence-corrected chi connectivity index (χ1v) is 3.89. The third-order valence-electron chi connectivity index (χ3n) is 1.91. The predicted molar refractivity (Wildman–Crippen MR) is 42.5 cm³/mol. The molecule has 0 amide bonds. The summed E-state index contributed by atoms with van der Waals surface area (Å²) < 4.78 is 2.89. The maximum absolute atomic E-state index is 2.20. The highest BCUT2D eigenvalue weighted by Gasteiger charge is 2.04. The maximum Gasteiger partial charge on any atom is 0.0309 e. The first kappa shape index (κ1) is 5.24. The lowest BCUT2D eigenvalue weighted by atomic mass is 10.1. The van der Waals surface area contributed by atoms with E-state index in [2.05, 4.69) is 26.0 Å². The summed E-state index contributed by atoms with van der Waals surface area (Å²) in [5.74, 6) is 0. The van der Waals surface area contributed by atoms with Gasteiger partial charge in [0.15, 0.2) is 0 Å². The Morgan fingerprint density at radius 3 is 1.67 bits per heavy atom. The van der Waals surface area contributed by atoms with Crippen molar-refractivity contribution in [2.75, 3.05) is 0 Å². The average Bonchev–Trinajstić information content (AvgIpc) is 2.37. The second kappa shape index (κ2) is 1.48. The summed E-state index contributed by atoms with van der Waals surface area (Å²) >= 11 is 1.90. The van der Waals surface area contributed by atoms with Crippen LogP contribution in [0.2, 0.25) is 0 Å². The molecule has 0 saturated carbocycles. The molecule has 0 nitrogen and oxygen atoms in total. The van der Waals surface area contributed by atoms with Gasteiger partial charge in [-0.05, 0) is 37.1 Å². The molecule has 0 aliphatic carbocycles. The molecule has 2 aromatic heterocycles. The SMILES string of the molecule is Cc1c(C)c2ccc1s2. The van der Waals surface area contributed by atoms with E-state index in [4.69, 9.17) is 0 Å². The molecule has 0 aliphatic rings. The Kier molecular flexibility index (Phi) is 0.862. The van der Waals surface area contributed by atoms with E-state index in [-0.39, 0.29) is 0 Å². The van der Waals surface area contributed by atoms with E-state index in [0.29, 0.717) is 0 Å². The number of hydrogen-bond donors (Lipinski definition) is 0. The first-order chi connectivity index (χ1) is 4.29. The molecule has 0 aromatic carbocycles. The number of fused-ring (bicyclic) bond motifs is 2. The van der Waals surface area contributed by atoms with Crippen LogP contribution in [-0.4, -0.2) is 0 Å². The summed E-state index contributed by atoms with van der Waals surface area (Å²) in [4.78, 5) is 0. The monoisotopic (exact) mass is 136 g/mol. The van der Waals surface area contributed by atoms with E-state index < -0.39 is 0 Å². The minimum atomic E-state index is 1.45.